The minimum Gasteiger partial charge on any atom is -0.342 e. The van der Waals surface area contributed by atoms with E-state index in [2.05, 4.69) is 4.98 Å². The number of rotatable bonds is 4. The number of amides is 1. The van der Waals surface area contributed by atoms with Gasteiger partial charge in [-0.1, -0.05) is 24.3 Å². The van der Waals surface area contributed by atoms with Crippen molar-refractivity contribution in [3.63, 3.8) is 0 Å². The van der Waals surface area contributed by atoms with Gasteiger partial charge >= 0.3 is 0 Å². The maximum atomic E-state index is 13.0. The molecule has 3 aromatic rings. The van der Waals surface area contributed by atoms with Gasteiger partial charge in [-0.15, -0.1) is 0 Å². The Morgan fingerprint density at radius 3 is 2.82 bits per heavy atom. The third-order valence-corrected chi connectivity index (χ3v) is 5.96. The van der Waals surface area contributed by atoms with E-state index in [-0.39, 0.29) is 17.6 Å². The van der Waals surface area contributed by atoms with Crippen LogP contribution in [0.15, 0.2) is 48.5 Å². The van der Waals surface area contributed by atoms with Gasteiger partial charge in [0.2, 0.25) is 0 Å². The lowest BCUT2D eigenvalue weighted by atomic mass is 9.96. The van der Waals surface area contributed by atoms with Crippen LogP contribution in [-0.4, -0.2) is 48.5 Å². The van der Waals surface area contributed by atoms with Gasteiger partial charge in [0.1, 0.15) is 5.82 Å². The van der Waals surface area contributed by atoms with Crippen LogP contribution in [0.1, 0.15) is 40.5 Å². The van der Waals surface area contributed by atoms with E-state index in [1.165, 1.54) is 6.26 Å². The molecule has 1 aliphatic heterocycles. The van der Waals surface area contributed by atoms with Gasteiger partial charge in [-0.2, -0.15) is 0 Å². The number of imidazole rings is 1. The minimum atomic E-state index is -3.14. The molecule has 1 N–H and O–H groups in total. The van der Waals surface area contributed by atoms with Gasteiger partial charge < -0.3 is 9.88 Å². The third kappa shape index (κ3) is 4.09. The molecular weight excluding hydrogens is 374 g/mol. The molecule has 0 spiro atoms. The molecule has 7 heteroatoms. The van der Waals surface area contributed by atoms with Gasteiger partial charge in [0.25, 0.3) is 5.91 Å². The van der Waals surface area contributed by atoms with E-state index in [9.17, 15) is 13.2 Å². The first-order valence-electron chi connectivity index (χ1n) is 9.40. The van der Waals surface area contributed by atoms with Crippen LogP contribution in [0, 0.1) is 0 Å². The Balaban J connectivity index is 1.52. The molecule has 28 heavy (non-hydrogen) atoms. The molecule has 0 bridgehead atoms. The average molecular weight is 398 g/mol. The summed E-state index contributed by atoms with van der Waals surface area (Å²) < 4.78 is 23.1. The predicted molar refractivity (Wildman–Crippen MR) is 109 cm³/mol. The number of aromatic nitrogens is 2. The quantitative estimate of drug-likeness (QED) is 0.733. The van der Waals surface area contributed by atoms with E-state index in [1.807, 2.05) is 29.2 Å². The molecule has 0 unspecified atom stereocenters. The maximum Gasteiger partial charge on any atom is 0.253 e. The first-order valence-corrected chi connectivity index (χ1v) is 11.5. The zero-order chi connectivity index (χ0) is 19.7. The van der Waals surface area contributed by atoms with Crippen LogP contribution < -0.4 is 0 Å². The second-order valence-corrected chi connectivity index (χ2v) is 9.64. The Kier molecular flexibility index (Phi) is 4.93. The molecule has 1 aliphatic rings. The number of H-pyrrole nitrogens is 1. The summed E-state index contributed by atoms with van der Waals surface area (Å²) in [7, 11) is -3.14. The Morgan fingerprint density at radius 2 is 2.04 bits per heavy atom. The second kappa shape index (κ2) is 7.39. The van der Waals surface area contributed by atoms with E-state index in [0.717, 1.165) is 29.7 Å². The van der Waals surface area contributed by atoms with E-state index >= 15 is 0 Å². The number of nitrogens with zero attached hydrogens (tertiary/aromatic N) is 2. The summed E-state index contributed by atoms with van der Waals surface area (Å²) in [6.07, 6.45) is 3.10. The number of sulfone groups is 1. The van der Waals surface area contributed by atoms with Gasteiger partial charge in [-0.25, -0.2) is 13.4 Å². The van der Waals surface area contributed by atoms with E-state index < -0.39 is 9.84 Å². The fourth-order valence-electron chi connectivity index (χ4n) is 3.83. The Morgan fingerprint density at radius 1 is 1.21 bits per heavy atom. The lowest BCUT2D eigenvalue weighted by molar-refractivity contribution is 0.0705. The zero-order valence-electron chi connectivity index (χ0n) is 15.8. The smallest absolute Gasteiger partial charge is 0.253 e. The van der Waals surface area contributed by atoms with Gasteiger partial charge in [0.05, 0.1) is 16.8 Å². The highest BCUT2D eigenvalue weighted by molar-refractivity contribution is 7.89. The lowest BCUT2D eigenvalue weighted by Gasteiger charge is -2.32. The molecule has 1 fully saturated rings. The molecule has 2 aromatic carbocycles. The van der Waals surface area contributed by atoms with Gasteiger partial charge in [-0.05, 0) is 42.7 Å². The van der Waals surface area contributed by atoms with E-state index in [4.69, 9.17) is 4.98 Å². The van der Waals surface area contributed by atoms with E-state index in [1.54, 1.807) is 24.3 Å². The van der Waals surface area contributed by atoms with Crippen molar-refractivity contribution >= 4 is 26.8 Å². The van der Waals surface area contributed by atoms with Gasteiger partial charge in [-0.3, -0.25) is 4.79 Å². The summed E-state index contributed by atoms with van der Waals surface area (Å²) in [6.45, 7) is 1.31. The Bertz CT molecular complexity index is 1090. The van der Waals surface area contributed by atoms with Crippen molar-refractivity contribution in [2.45, 2.75) is 24.5 Å². The fraction of sp³-hybridized carbons (Fsp3) is 0.333. The summed E-state index contributed by atoms with van der Waals surface area (Å²) in [5, 5.41) is 0. The number of hydrogen-bond donors (Lipinski definition) is 1. The topological polar surface area (TPSA) is 83.1 Å². The van der Waals surface area contributed by atoms with Crippen molar-refractivity contribution in [1.82, 2.24) is 14.9 Å². The molecule has 0 saturated carbocycles. The number of piperidine rings is 1. The predicted octanol–water partition coefficient (Wildman–Crippen LogP) is 3.13. The Hall–Kier alpha value is -2.67. The molecule has 0 radical (unpaired) electrons. The number of carbonyl (C=O) groups excluding carboxylic acids is 1. The number of nitrogens with one attached hydrogen (secondary N) is 1. The molecular formula is C21H23N3O3S. The molecule has 6 nitrogen and oxygen atoms in total. The van der Waals surface area contributed by atoms with Crippen molar-refractivity contribution in [3.8, 4) is 0 Å². The number of benzene rings is 2. The van der Waals surface area contributed by atoms with Crippen LogP contribution in [0.5, 0.6) is 0 Å². The summed E-state index contributed by atoms with van der Waals surface area (Å²) in [5.74, 6) is 0.973. The Labute approximate surface area is 164 Å². The highest BCUT2D eigenvalue weighted by atomic mass is 32.2. The molecule has 146 valence electrons. The van der Waals surface area contributed by atoms with Gasteiger partial charge in [0, 0.05) is 30.8 Å². The van der Waals surface area contributed by atoms with Crippen molar-refractivity contribution < 1.29 is 13.2 Å². The molecule has 0 aliphatic carbocycles. The molecule has 1 amide bonds. The number of likely N-dealkylation sites (tertiary alicyclic amines) is 1. The average Bonchev–Trinajstić information content (AvgIpc) is 3.11. The number of para-hydroxylation sites is 2. The highest BCUT2D eigenvalue weighted by Gasteiger charge is 2.27. The number of carbonyl (C=O) groups is 1. The molecule has 4 rings (SSSR count). The maximum absolute atomic E-state index is 13.0. The third-order valence-electron chi connectivity index (χ3n) is 5.11. The van der Waals surface area contributed by atoms with Crippen LogP contribution in [-0.2, 0) is 15.6 Å². The first-order chi connectivity index (χ1) is 13.4. The summed E-state index contributed by atoms with van der Waals surface area (Å²) in [5.41, 5.74) is 3.12. The van der Waals surface area contributed by atoms with E-state index in [0.29, 0.717) is 24.2 Å². The van der Waals surface area contributed by atoms with Crippen LogP contribution in [0.2, 0.25) is 0 Å². The molecule has 2 heterocycles. The number of fused-ring (bicyclic) bond motifs is 1. The SMILES string of the molecule is CS(=O)(=O)Cc1cccc(C(=O)N2CCC[C@H](c3nc4ccccc4[nH]3)C2)c1. The van der Waals surface area contributed by atoms with Gasteiger partial charge in [0.15, 0.2) is 9.84 Å². The lowest BCUT2D eigenvalue weighted by Crippen LogP contribution is -2.39. The summed E-state index contributed by atoms with van der Waals surface area (Å²) in [6, 6.07) is 14.9. The normalized spacial score (nSPS) is 17.8. The van der Waals surface area contributed by atoms with Crippen LogP contribution in [0.25, 0.3) is 11.0 Å². The summed E-state index contributed by atoms with van der Waals surface area (Å²) in [4.78, 5) is 22.9. The largest absolute Gasteiger partial charge is 0.342 e. The zero-order valence-corrected chi connectivity index (χ0v) is 16.6. The number of aromatic amines is 1. The van der Waals surface area contributed by atoms with Crippen molar-refractivity contribution in [3.05, 3.63) is 65.5 Å². The monoisotopic (exact) mass is 397 g/mol. The van der Waals surface area contributed by atoms with Crippen molar-refractivity contribution in [2.75, 3.05) is 19.3 Å². The van der Waals surface area contributed by atoms with Crippen LogP contribution in [0.4, 0.5) is 0 Å². The van der Waals surface area contributed by atoms with Crippen molar-refractivity contribution in [1.29, 1.82) is 0 Å². The second-order valence-electron chi connectivity index (χ2n) is 7.50. The molecule has 1 aromatic heterocycles. The summed E-state index contributed by atoms with van der Waals surface area (Å²) >= 11 is 0. The fourth-order valence-corrected chi connectivity index (χ4v) is 4.62. The molecule has 1 saturated heterocycles. The van der Waals surface area contributed by atoms with Crippen LogP contribution >= 0.6 is 0 Å². The number of hydrogen-bond acceptors (Lipinski definition) is 4. The van der Waals surface area contributed by atoms with Crippen LogP contribution in [0.3, 0.4) is 0 Å². The minimum absolute atomic E-state index is 0.0591. The molecule has 1 atom stereocenters. The standard InChI is InChI=1S/C21H23N3O3S/c1-28(26,27)14-15-6-4-7-16(12-15)21(25)24-11-5-8-17(13-24)20-22-18-9-2-3-10-19(18)23-20/h2-4,6-7,9-10,12,17H,5,8,11,13-14H2,1H3,(H,22,23)/t17-/m0/s1. The first kappa shape index (κ1) is 18.7. The highest BCUT2D eigenvalue weighted by Crippen LogP contribution is 2.27. The van der Waals surface area contributed by atoms with Crippen molar-refractivity contribution in [2.24, 2.45) is 0 Å².